The molecule has 0 aliphatic carbocycles. The number of hydrogen-bond acceptors (Lipinski definition) is 5. The van der Waals surface area contributed by atoms with Gasteiger partial charge in [0.15, 0.2) is 0 Å². The molecule has 0 fully saturated rings. The second-order valence-corrected chi connectivity index (χ2v) is 4.73. The molecule has 0 unspecified atom stereocenters. The SMILES string of the molecule is CCc1c[nH]c2ncnc(Nc3ccc(N)c(C=N)c3)c12. The average molecular weight is 280 g/mol. The number of rotatable bonds is 4. The highest BCUT2D eigenvalue weighted by Crippen LogP contribution is 2.27. The minimum atomic E-state index is 0.583. The molecule has 2 heterocycles. The second-order valence-electron chi connectivity index (χ2n) is 4.73. The molecule has 3 aromatic rings. The van der Waals surface area contributed by atoms with Crippen molar-refractivity contribution < 1.29 is 0 Å². The average Bonchev–Trinajstić information content (AvgIpc) is 2.93. The van der Waals surface area contributed by atoms with E-state index in [9.17, 15) is 0 Å². The van der Waals surface area contributed by atoms with Crippen LogP contribution >= 0.6 is 0 Å². The molecule has 21 heavy (non-hydrogen) atoms. The van der Waals surface area contributed by atoms with E-state index in [2.05, 4.69) is 27.2 Å². The summed E-state index contributed by atoms with van der Waals surface area (Å²) in [6.07, 6.45) is 5.62. The van der Waals surface area contributed by atoms with Crippen LogP contribution in [0.4, 0.5) is 17.2 Å². The molecule has 0 saturated heterocycles. The van der Waals surface area contributed by atoms with E-state index in [1.54, 1.807) is 6.07 Å². The van der Waals surface area contributed by atoms with Crippen molar-refractivity contribution in [3.8, 4) is 0 Å². The number of nitrogens with one attached hydrogen (secondary N) is 3. The van der Waals surface area contributed by atoms with Crippen LogP contribution in [0, 0.1) is 5.41 Å². The molecule has 6 heteroatoms. The number of H-pyrrole nitrogens is 1. The van der Waals surface area contributed by atoms with E-state index in [0.717, 1.165) is 34.5 Å². The predicted octanol–water partition coefficient (Wildman–Crippen LogP) is 2.84. The molecule has 0 amide bonds. The maximum atomic E-state index is 7.37. The van der Waals surface area contributed by atoms with Gasteiger partial charge >= 0.3 is 0 Å². The van der Waals surface area contributed by atoms with Crippen LogP contribution in [0.1, 0.15) is 18.1 Å². The highest BCUT2D eigenvalue weighted by atomic mass is 15.0. The van der Waals surface area contributed by atoms with Gasteiger partial charge in [-0.2, -0.15) is 0 Å². The molecule has 3 rings (SSSR count). The Morgan fingerprint density at radius 1 is 1.38 bits per heavy atom. The highest BCUT2D eigenvalue weighted by Gasteiger charge is 2.10. The summed E-state index contributed by atoms with van der Waals surface area (Å²) in [7, 11) is 0. The van der Waals surface area contributed by atoms with Gasteiger partial charge in [-0.3, -0.25) is 0 Å². The van der Waals surface area contributed by atoms with Crippen molar-refractivity contribution in [3.05, 3.63) is 41.9 Å². The number of anilines is 3. The van der Waals surface area contributed by atoms with Crippen molar-refractivity contribution in [1.82, 2.24) is 15.0 Å². The van der Waals surface area contributed by atoms with Gasteiger partial charge in [-0.05, 0) is 30.2 Å². The number of nitrogens with two attached hydrogens (primary N) is 1. The summed E-state index contributed by atoms with van der Waals surface area (Å²) >= 11 is 0. The van der Waals surface area contributed by atoms with Crippen LogP contribution in [0.3, 0.4) is 0 Å². The molecule has 0 aliphatic heterocycles. The lowest BCUT2D eigenvalue weighted by Crippen LogP contribution is -1.99. The van der Waals surface area contributed by atoms with Gasteiger partial charge in [0.25, 0.3) is 0 Å². The van der Waals surface area contributed by atoms with Crippen molar-refractivity contribution in [2.45, 2.75) is 13.3 Å². The van der Waals surface area contributed by atoms with Crippen LogP contribution in [-0.4, -0.2) is 21.2 Å². The Bertz CT molecular complexity index is 805. The first kappa shape index (κ1) is 13.1. The Labute approximate surface area is 121 Å². The van der Waals surface area contributed by atoms with Gasteiger partial charge in [-0.1, -0.05) is 6.92 Å². The zero-order valence-electron chi connectivity index (χ0n) is 11.6. The minimum Gasteiger partial charge on any atom is -0.398 e. The smallest absolute Gasteiger partial charge is 0.143 e. The van der Waals surface area contributed by atoms with Gasteiger partial charge < -0.3 is 21.4 Å². The largest absolute Gasteiger partial charge is 0.398 e. The Kier molecular flexibility index (Phi) is 3.27. The number of nitrogens with zero attached hydrogens (tertiary/aromatic N) is 2. The molecule has 0 saturated carbocycles. The van der Waals surface area contributed by atoms with Crippen LogP contribution < -0.4 is 11.1 Å². The van der Waals surface area contributed by atoms with Gasteiger partial charge in [0.1, 0.15) is 17.8 Å². The third-order valence-electron chi connectivity index (χ3n) is 3.44. The summed E-state index contributed by atoms with van der Waals surface area (Å²) in [6.45, 7) is 2.09. The van der Waals surface area contributed by atoms with E-state index in [1.807, 2.05) is 18.3 Å². The van der Waals surface area contributed by atoms with E-state index in [1.165, 1.54) is 12.5 Å². The summed E-state index contributed by atoms with van der Waals surface area (Å²) in [6, 6.07) is 5.47. The summed E-state index contributed by atoms with van der Waals surface area (Å²) < 4.78 is 0. The van der Waals surface area contributed by atoms with Gasteiger partial charge in [-0.25, -0.2) is 9.97 Å². The summed E-state index contributed by atoms with van der Waals surface area (Å²) in [5, 5.41) is 11.6. The van der Waals surface area contributed by atoms with Crippen molar-refractivity contribution >= 4 is 34.4 Å². The van der Waals surface area contributed by atoms with Crippen LogP contribution in [0.25, 0.3) is 11.0 Å². The molecule has 0 radical (unpaired) electrons. The number of hydrogen-bond donors (Lipinski definition) is 4. The van der Waals surface area contributed by atoms with Gasteiger partial charge in [0.2, 0.25) is 0 Å². The standard InChI is InChI=1S/C15H16N6/c1-2-9-7-18-14-13(9)15(20-8-19-14)21-11-3-4-12(17)10(5-11)6-16/h3-8,16H,2,17H2,1H3,(H2,18,19,20,21). The first-order chi connectivity index (χ1) is 10.2. The molecule has 1 aromatic carbocycles. The lowest BCUT2D eigenvalue weighted by molar-refractivity contribution is 1.15. The third kappa shape index (κ3) is 2.31. The first-order valence-electron chi connectivity index (χ1n) is 6.71. The number of aromatic amines is 1. The Balaban J connectivity index is 2.05. The van der Waals surface area contributed by atoms with E-state index >= 15 is 0 Å². The highest BCUT2D eigenvalue weighted by molar-refractivity contribution is 5.93. The quantitative estimate of drug-likeness (QED) is 0.435. The van der Waals surface area contributed by atoms with Crippen molar-refractivity contribution in [1.29, 1.82) is 5.41 Å². The summed E-state index contributed by atoms with van der Waals surface area (Å²) in [5.74, 6) is 0.749. The maximum absolute atomic E-state index is 7.37. The second kappa shape index (κ2) is 5.24. The normalized spacial score (nSPS) is 10.7. The fraction of sp³-hybridized carbons (Fsp3) is 0.133. The Morgan fingerprint density at radius 3 is 3.00 bits per heavy atom. The molecule has 0 spiro atoms. The van der Waals surface area contributed by atoms with E-state index in [4.69, 9.17) is 11.1 Å². The number of fused-ring (bicyclic) bond motifs is 1. The number of aryl methyl sites for hydroxylation is 1. The van der Waals surface area contributed by atoms with E-state index < -0.39 is 0 Å². The topological polar surface area (TPSA) is 103 Å². The van der Waals surface area contributed by atoms with E-state index in [-0.39, 0.29) is 0 Å². The zero-order chi connectivity index (χ0) is 14.8. The van der Waals surface area contributed by atoms with Crippen molar-refractivity contribution in [3.63, 3.8) is 0 Å². The van der Waals surface area contributed by atoms with Gasteiger partial charge in [0.05, 0.1) is 5.39 Å². The Hall–Kier alpha value is -2.89. The Morgan fingerprint density at radius 2 is 2.24 bits per heavy atom. The van der Waals surface area contributed by atoms with Crippen LogP contribution in [0.15, 0.2) is 30.7 Å². The van der Waals surface area contributed by atoms with E-state index in [0.29, 0.717) is 11.3 Å². The molecule has 106 valence electrons. The maximum Gasteiger partial charge on any atom is 0.143 e. The number of aromatic nitrogens is 3. The van der Waals surface area contributed by atoms with Crippen LogP contribution in [0.2, 0.25) is 0 Å². The van der Waals surface area contributed by atoms with Crippen LogP contribution in [0.5, 0.6) is 0 Å². The molecule has 6 nitrogen and oxygen atoms in total. The third-order valence-corrected chi connectivity index (χ3v) is 3.44. The minimum absolute atomic E-state index is 0.583. The molecule has 0 bridgehead atoms. The fourth-order valence-corrected chi connectivity index (χ4v) is 2.31. The molecule has 5 N–H and O–H groups in total. The fourth-order valence-electron chi connectivity index (χ4n) is 2.31. The summed E-state index contributed by atoms with van der Waals surface area (Å²) in [5.41, 5.74) is 9.88. The molecule has 2 aromatic heterocycles. The van der Waals surface area contributed by atoms with Crippen molar-refractivity contribution in [2.24, 2.45) is 0 Å². The summed E-state index contributed by atoms with van der Waals surface area (Å²) in [4.78, 5) is 11.7. The zero-order valence-corrected chi connectivity index (χ0v) is 11.6. The predicted molar refractivity (Wildman–Crippen MR) is 85.3 cm³/mol. The molecular weight excluding hydrogens is 264 g/mol. The first-order valence-corrected chi connectivity index (χ1v) is 6.71. The van der Waals surface area contributed by atoms with Gasteiger partial charge in [-0.15, -0.1) is 0 Å². The van der Waals surface area contributed by atoms with Crippen LogP contribution in [-0.2, 0) is 6.42 Å². The number of benzene rings is 1. The number of nitrogen functional groups attached to an aromatic ring is 1. The van der Waals surface area contributed by atoms with Gasteiger partial charge in [0, 0.05) is 29.3 Å². The van der Waals surface area contributed by atoms with Crippen molar-refractivity contribution in [2.75, 3.05) is 11.1 Å². The molecular formula is C15H16N6. The lowest BCUT2D eigenvalue weighted by Gasteiger charge is -2.09. The lowest BCUT2D eigenvalue weighted by atomic mass is 10.1. The molecule has 0 atom stereocenters. The monoisotopic (exact) mass is 280 g/mol. The molecule has 0 aliphatic rings.